The van der Waals surface area contributed by atoms with E-state index in [2.05, 4.69) is 4.98 Å². The Kier molecular flexibility index (Phi) is 3.85. The SMILES string of the molecule is O=c1cc(-c2cc(C(F)(F)F)cc(C(F)(F)F)c2)c2ccccc2[nH]1. The zero-order chi connectivity index (χ0) is 18.4. The first-order valence-corrected chi connectivity index (χ1v) is 6.97. The van der Waals surface area contributed by atoms with Crippen molar-refractivity contribution in [1.29, 1.82) is 0 Å². The number of para-hydroxylation sites is 1. The van der Waals surface area contributed by atoms with Crippen molar-refractivity contribution in [2.45, 2.75) is 12.4 Å². The molecule has 25 heavy (non-hydrogen) atoms. The molecule has 0 spiro atoms. The Labute approximate surface area is 136 Å². The van der Waals surface area contributed by atoms with Crippen molar-refractivity contribution < 1.29 is 26.3 Å². The highest BCUT2D eigenvalue weighted by molar-refractivity contribution is 5.94. The number of fused-ring (bicyclic) bond motifs is 1. The summed E-state index contributed by atoms with van der Waals surface area (Å²) in [6.07, 6.45) is -9.90. The maximum Gasteiger partial charge on any atom is 0.416 e. The van der Waals surface area contributed by atoms with Gasteiger partial charge in [-0.05, 0) is 35.4 Å². The van der Waals surface area contributed by atoms with Gasteiger partial charge in [-0.3, -0.25) is 4.79 Å². The van der Waals surface area contributed by atoms with Gasteiger partial charge in [0.1, 0.15) is 0 Å². The van der Waals surface area contributed by atoms with Crippen LogP contribution in [0.2, 0.25) is 0 Å². The van der Waals surface area contributed by atoms with E-state index in [0.29, 0.717) is 23.0 Å². The summed E-state index contributed by atoms with van der Waals surface area (Å²) in [6.45, 7) is 0. The van der Waals surface area contributed by atoms with Crippen LogP contribution in [0.3, 0.4) is 0 Å². The summed E-state index contributed by atoms with van der Waals surface area (Å²) in [4.78, 5) is 14.2. The molecule has 8 heteroatoms. The number of hydrogen-bond donors (Lipinski definition) is 1. The molecule has 0 saturated heterocycles. The lowest BCUT2D eigenvalue weighted by Gasteiger charge is -2.15. The van der Waals surface area contributed by atoms with Gasteiger partial charge >= 0.3 is 12.4 Å². The molecule has 0 atom stereocenters. The zero-order valence-electron chi connectivity index (χ0n) is 12.3. The molecule has 3 rings (SSSR count). The van der Waals surface area contributed by atoms with Crippen molar-refractivity contribution >= 4 is 10.9 Å². The summed E-state index contributed by atoms with van der Waals surface area (Å²) in [5.41, 5.74) is -3.50. The third-order valence-corrected chi connectivity index (χ3v) is 3.65. The highest BCUT2D eigenvalue weighted by Gasteiger charge is 2.37. The van der Waals surface area contributed by atoms with Crippen LogP contribution in [0.1, 0.15) is 11.1 Å². The molecule has 0 bridgehead atoms. The van der Waals surface area contributed by atoms with Gasteiger partial charge in [0.25, 0.3) is 0 Å². The minimum absolute atomic E-state index is 0.00375. The van der Waals surface area contributed by atoms with Crippen LogP contribution >= 0.6 is 0 Å². The Bertz CT molecular complexity index is 968. The van der Waals surface area contributed by atoms with Crippen molar-refractivity contribution in [3.8, 4) is 11.1 Å². The van der Waals surface area contributed by atoms with Crippen LogP contribution in [0.5, 0.6) is 0 Å². The van der Waals surface area contributed by atoms with E-state index in [1.165, 1.54) is 12.1 Å². The lowest BCUT2D eigenvalue weighted by Crippen LogP contribution is -2.11. The van der Waals surface area contributed by atoms with Gasteiger partial charge < -0.3 is 4.98 Å². The van der Waals surface area contributed by atoms with Gasteiger partial charge in [-0.2, -0.15) is 26.3 Å². The van der Waals surface area contributed by atoms with E-state index in [9.17, 15) is 31.1 Å². The average Bonchev–Trinajstić information content (AvgIpc) is 2.52. The fourth-order valence-corrected chi connectivity index (χ4v) is 2.55. The number of pyridine rings is 1. The first-order valence-electron chi connectivity index (χ1n) is 6.97. The number of halogens is 6. The third kappa shape index (κ3) is 3.38. The van der Waals surface area contributed by atoms with Gasteiger partial charge in [0, 0.05) is 17.0 Å². The maximum absolute atomic E-state index is 13.0. The maximum atomic E-state index is 13.0. The third-order valence-electron chi connectivity index (χ3n) is 3.65. The molecule has 0 radical (unpaired) electrons. The Morgan fingerprint density at radius 2 is 1.32 bits per heavy atom. The highest BCUT2D eigenvalue weighted by atomic mass is 19.4. The molecule has 2 nitrogen and oxygen atoms in total. The molecule has 0 aliphatic carbocycles. The van der Waals surface area contributed by atoms with E-state index >= 15 is 0 Å². The molecule has 0 saturated carbocycles. The molecule has 2 aromatic carbocycles. The number of alkyl halides is 6. The molecule has 0 unspecified atom stereocenters. The second-order valence-corrected chi connectivity index (χ2v) is 5.39. The van der Waals surface area contributed by atoms with Gasteiger partial charge in [-0.15, -0.1) is 0 Å². The fraction of sp³-hybridized carbons (Fsp3) is 0.118. The molecule has 0 fully saturated rings. The first kappa shape index (κ1) is 17.1. The number of rotatable bonds is 1. The molecule has 1 N–H and O–H groups in total. The number of nitrogens with one attached hydrogen (secondary N) is 1. The summed E-state index contributed by atoms with van der Waals surface area (Å²) in [7, 11) is 0. The van der Waals surface area contributed by atoms with Gasteiger partial charge in [-0.1, -0.05) is 18.2 Å². The summed E-state index contributed by atoms with van der Waals surface area (Å²) < 4.78 is 78.1. The average molecular weight is 357 g/mol. The lowest BCUT2D eigenvalue weighted by atomic mass is 9.96. The van der Waals surface area contributed by atoms with Crippen molar-refractivity contribution in [3.05, 3.63) is 70.0 Å². The van der Waals surface area contributed by atoms with Crippen LogP contribution < -0.4 is 5.56 Å². The molecule has 3 aromatic rings. The van der Waals surface area contributed by atoms with Crippen molar-refractivity contribution in [3.63, 3.8) is 0 Å². The largest absolute Gasteiger partial charge is 0.416 e. The molecule has 130 valence electrons. The minimum atomic E-state index is -4.95. The van der Waals surface area contributed by atoms with E-state index in [4.69, 9.17) is 0 Å². The Morgan fingerprint density at radius 3 is 1.88 bits per heavy atom. The van der Waals surface area contributed by atoms with E-state index in [1.807, 2.05) is 0 Å². The smallest absolute Gasteiger partial charge is 0.322 e. The molecule has 0 aliphatic heterocycles. The predicted octanol–water partition coefficient (Wildman–Crippen LogP) is 5.23. The van der Waals surface area contributed by atoms with Crippen molar-refractivity contribution in [2.24, 2.45) is 0 Å². The molecule has 1 aromatic heterocycles. The van der Waals surface area contributed by atoms with Gasteiger partial charge in [0.05, 0.1) is 11.1 Å². The number of H-pyrrole nitrogens is 1. The number of aromatic amines is 1. The van der Waals surface area contributed by atoms with Crippen LogP contribution in [0.15, 0.2) is 53.3 Å². The molecule has 1 heterocycles. The molecular weight excluding hydrogens is 348 g/mol. The van der Waals surface area contributed by atoms with Gasteiger partial charge in [0.2, 0.25) is 5.56 Å². The van der Waals surface area contributed by atoms with Crippen LogP contribution in [-0.4, -0.2) is 4.98 Å². The normalized spacial score (nSPS) is 12.6. The topological polar surface area (TPSA) is 32.9 Å². The van der Waals surface area contributed by atoms with E-state index < -0.39 is 29.0 Å². The quantitative estimate of drug-likeness (QED) is 0.594. The monoisotopic (exact) mass is 357 g/mol. The van der Waals surface area contributed by atoms with Crippen LogP contribution in [0, 0.1) is 0 Å². The van der Waals surface area contributed by atoms with Gasteiger partial charge in [0.15, 0.2) is 0 Å². The lowest BCUT2D eigenvalue weighted by molar-refractivity contribution is -0.143. The highest BCUT2D eigenvalue weighted by Crippen LogP contribution is 2.39. The summed E-state index contributed by atoms with van der Waals surface area (Å²) >= 11 is 0. The second-order valence-electron chi connectivity index (χ2n) is 5.39. The Balaban J connectivity index is 2.36. The van der Waals surface area contributed by atoms with E-state index in [1.54, 1.807) is 12.1 Å². The summed E-state index contributed by atoms with van der Waals surface area (Å²) in [5.74, 6) is 0. The summed E-state index contributed by atoms with van der Waals surface area (Å²) in [6, 6.07) is 8.44. The predicted molar refractivity (Wildman–Crippen MR) is 80.0 cm³/mol. The second kappa shape index (κ2) is 5.65. The Hall–Kier alpha value is -2.77. The number of hydrogen-bond acceptors (Lipinski definition) is 1. The van der Waals surface area contributed by atoms with E-state index in [-0.39, 0.29) is 17.2 Å². The molecule has 0 amide bonds. The first-order chi connectivity index (χ1) is 11.6. The minimum Gasteiger partial charge on any atom is -0.322 e. The number of benzene rings is 2. The Morgan fingerprint density at radius 1 is 0.760 bits per heavy atom. The zero-order valence-corrected chi connectivity index (χ0v) is 12.3. The number of aromatic nitrogens is 1. The standard InChI is InChI=1S/C17H9F6NO/c18-16(19,20)10-5-9(6-11(7-10)17(21,22)23)13-8-15(25)24-14-4-2-1-3-12(13)14/h1-8H,(H,24,25). The van der Waals surface area contributed by atoms with Crippen LogP contribution in [0.4, 0.5) is 26.3 Å². The fourth-order valence-electron chi connectivity index (χ4n) is 2.55. The van der Waals surface area contributed by atoms with Crippen molar-refractivity contribution in [2.75, 3.05) is 0 Å². The van der Waals surface area contributed by atoms with Gasteiger partial charge in [-0.25, -0.2) is 0 Å². The summed E-state index contributed by atoms with van der Waals surface area (Å²) in [5, 5.41) is 0.342. The van der Waals surface area contributed by atoms with E-state index in [0.717, 1.165) is 6.07 Å². The van der Waals surface area contributed by atoms with Crippen LogP contribution in [0.25, 0.3) is 22.0 Å². The molecular formula is C17H9F6NO. The van der Waals surface area contributed by atoms with Crippen LogP contribution in [-0.2, 0) is 12.4 Å². The van der Waals surface area contributed by atoms with Crippen molar-refractivity contribution in [1.82, 2.24) is 4.98 Å². The molecule has 0 aliphatic rings.